The lowest BCUT2D eigenvalue weighted by atomic mass is 10.0. The first-order chi connectivity index (χ1) is 10.2. The molecule has 0 radical (unpaired) electrons. The number of rotatable bonds is 2. The van der Waals surface area contributed by atoms with Crippen molar-refractivity contribution in [2.45, 2.75) is 6.92 Å². The number of benzene rings is 1. The van der Waals surface area contributed by atoms with Crippen LogP contribution in [0.1, 0.15) is 16.1 Å². The van der Waals surface area contributed by atoms with E-state index < -0.39 is 5.97 Å². The van der Waals surface area contributed by atoms with Crippen LogP contribution in [-0.2, 0) is 4.74 Å². The Kier molecular flexibility index (Phi) is 3.36. The number of fused-ring (bicyclic) bond motifs is 1. The number of aromatic nitrogens is 2. The maximum atomic E-state index is 11.7. The van der Waals surface area contributed by atoms with Crippen molar-refractivity contribution in [2.75, 3.05) is 7.11 Å². The third-order valence-electron chi connectivity index (χ3n) is 3.49. The number of hydrogen-bond acceptors (Lipinski definition) is 4. The van der Waals surface area contributed by atoms with E-state index in [0.29, 0.717) is 5.69 Å². The molecule has 0 aliphatic heterocycles. The summed E-state index contributed by atoms with van der Waals surface area (Å²) in [6.07, 6.45) is 3.43. The Morgan fingerprint density at radius 3 is 2.57 bits per heavy atom. The van der Waals surface area contributed by atoms with E-state index in [1.54, 1.807) is 12.4 Å². The minimum atomic E-state index is -0.443. The van der Waals surface area contributed by atoms with E-state index in [4.69, 9.17) is 4.74 Å². The molecule has 0 amide bonds. The largest absolute Gasteiger partial charge is 0.464 e. The van der Waals surface area contributed by atoms with E-state index in [9.17, 15) is 4.79 Å². The van der Waals surface area contributed by atoms with Crippen LogP contribution in [0.5, 0.6) is 0 Å². The fourth-order valence-electron chi connectivity index (χ4n) is 2.41. The van der Waals surface area contributed by atoms with Gasteiger partial charge in [-0.15, -0.1) is 0 Å². The minimum absolute atomic E-state index is 0.308. The predicted octanol–water partition coefficient (Wildman–Crippen LogP) is 3.39. The molecule has 21 heavy (non-hydrogen) atoms. The number of carbonyl (C=O) groups excluding carboxylic acids is 1. The maximum Gasteiger partial charge on any atom is 0.356 e. The fourth-order valence-corrected chi connectivity index (χ4v) is 2.41. The second kappa shape index (κ2) is 5.32. The first kappa shape index (κ1) is 13.2. The first-order valence-electron chi connectivity index (χ1n) is 6.60. The maximum absolute atomic E-state index is 11.7. The Hall–Kier alpha value is -2.75. The van der Waals surface area contributed by atoms with Gasteiger partial charge < -0.3 is 4.74 Å². The highest BCUT2D eigenvalue weighted by Crippen LogP contribution is 2.29. The average Bonchev–Trinajstić information content (AvgIpc) is 2.55. The van der Waals surface area contributed by atoms with Gasteiger partial charge in [-0.05, 0) is 24.1 Å². The highest BCUT2D eigenvalue weighted by Gasteiger charge is 2.16. The van der Waals surface area contributed by atoms with Crippen molar-refractivity contribution in [2.24, 2.45) is 0 Å². The van der Waals surface area contributed by atoms with Crippen LogP contribution in [0.3, 0.4) is 0 Å². The van der Waals surface area contributed by atoms with Crippen molar-refractivity contribution >= 4 is 16.9 Å². The summed E-state index contributed by atoms with van der Waals surface area (Å²) in [7, 11) is 1.35. The lowest BCUT2D eigenvalue weighted by molar-refractivity contribution is 0.0593. The number of methoxy groups -OCH3 is 1. The van der Waals surface area contributed by atoms with Crippen LogP contribution < -0.4 is 0 Å². The van der Waals surface area contributed by atoms with Gasteiger partial charge in [-0.25, -0.2) is 9.78 Å². The quantitative estimate of drug-likeness (QED) is 0.674. The molecule has 4 nitrogen and oxygen atoms in total. The van der Waals surface area contributed by atoms with Crippen LogP contribution in [-0.4, -0.2) is 23.0 Å². The summed E-state index contributed by atoms with van der Waals surface area (Å²) in [6, 6.07) is 12.0. The van der Waals surface area contributed by atoms with Gasteiger partial charge in [0, 0.05) is 23.3 Å². The van der Waals surface area contributed by atoms with Crippen LogP contribution in [0.25, 0.3) is 22.0 Å². The molecule has 0 atom stereocenters. The van der Waals surface area contributed by atoms with E-state index in [0.717, 1.165) is 27.6 Å². The SMILES string of the molecule is COC(=O)c1ncc2c(-c3ccccc3)ccnc2c1C. The van der Waals surface area contributed by atoms with Gasteiger partial charge in [-0.2, -0.15) is 0 Å². The normalized spacial score (nSPS) is 10.6. The fraction of sp³-hybridized carbons (Fsp3) is 0.118. The third kappa shape index (κ3) is 2.25. The Labute approximate surface area is 122 Å². The summed E-state index contributed by atoms with van der Waals surface area (Å²) in [6.45, 7) is 1.84. The zero-order chi connectivity index (χ0) is 14.8. The van der Waals surface area contributed by atoms with Gasteiger partial charge in [0.15, 0.2) is 5.69 Å². The van der Waals surface area contributed by atoms with E-state index in [1.165, 1.54) is 7.11 Å². The van der Waals surface area contributed by atoms with E-state index in [2.05, 4.69) is 9.97 Å². The molecule has 104 valence electrons. The summed E-state index contributed by atoms with van der Waals surface area (Å²) < 4.78 is 4.75. The molecule has 0 aliphatic rings. The van der Waals surface area contributed by atoms with Crippen molar-refractivity contribution in [3.63, 3.8) is 0 Å². The zero-order valence-corrected chi connectivity index (χ0v) is 11.8. The molecular formula is C17H14N2O2. The molecule has 0 aliphatic carbocycles. The molecule has 0 fully saturated rings. The average molecular weight is 278 g/mol. The van der Waals surface area contributed by atoms with Gasteiger partial charge in [-0.3, -0.25) is 4.98 Å². The topological polar surface area (TPSA) is 52.1 Å². The van der Waals surface area contributed by atoms with Gasteiger partial charge in [0.1, 0.15) is 0 Å². The van der Waals surface area contributed by atoms with E-state index in [-0.39, 0.29) is 0 Å². The van der Waals surface area contributed by atoms with Crippen LogP contribution in [0.4, 0.5) is 0 Å². The zero-order valence-electron chi connectivity index (χ0n) is 11.8. The molecule has 0 unspecified atom stereocenters. The molecule has 4 heteroatoms. The Morgan fingerprint density at radius 1 is 1.10 bits per heavy atom. The lowest BCUT2D eigenvalue weighted by Crippen LogP contribution is -2.07. The molecule has 0 saturated carbocycles. The van der Waals surface area contributed by atoms with Crippen molar-refractivity contribution in [1.82, 2.24) is 9.97 Å². The summed E-state index contributed by atoms with van der Waals surface area (Å²) in [5, 5.41) is 0.925. The third-order valence-corrected chi connectivity index (χ3v) is 3.49. The number of aryl methyl sites for hydroxylation is 1. The number of nitrogens with zero attached hydrogens (tertiary/aromatic N) is 2. The monoisotopic (exact) mass is 278 g/mol. The smallest absolute Gasteiger partial charge is 0.356 e. The van der Waals surface area contributed by atoms with Gasteiger partial charge >= 0.3 is 5.97 Å². The Bertz CT molecular complexity index is 814. The van der Waals surface area contributed by atoms with Gasteiger partial charge in [0.25, 0.3) is 0 Å². The van der Waals surface area contributed by atoms with Crippen LogP contribution in [0.2, 0.25) is 0 Å². The van der Waals surface area contributed by atoms with Gasteiger partial charge in [0.2, 0.25) is 0 Å². The molecule has 1 aromatic carbocycles. The highest BCUT2D eigenvalue weighted by molar-refractivity contribution is 6.00. The van der Waals surface area contributed by atoms with Crippen LogP contribution in [0, 0.1) is 6.92 Å². The highest BCUT2D eigenvalue weighted by atomic mass is 16.5. The summed E-state index contributed by atoms with van der Waals surface area (Å²) >= 11 is 0. The van der Waals surface area contributed by atoms with Crippen molar-refractivity contribution in [3.8, 4) is 11.1 Å². The lowest BCUT2D eigenvalue weighted by Gasteiger charge is -2.10. The molecule has 2 heterocycles. The summed E-state index contributed by atoms with van der Waals surface area (Å²) in [5.74, 6) is -0.443. The predicted molar refractivity (Wildman–Crippen MR) is 81.1 cm³/mol. The molecule has 3 rings (SSSR count). The molecule has 0 saturated heterocycles. The number of carbonyl (C=O) groups is 1. The second-order valence-electron chi connectivity index (χ2n) is 4.71. The van der Waals surface area contributed by atoms with E-state index in [1.807, 2.05) is 43.3 Å². The van der Waals surface area contributed by atoms with Gasteiger partial charge in [-0.1, -0.05) is 30.3 Å². The van der Waals surface area contributed by atoms with Crippen molar-refractivity contribution in [1.29, 1.82) is 0 Å². The minimum Gasteiger partial charge on any atom is -0.464 e. The molecule has 0 N–H and O–H groups in total. The van der Waals surface area contributed by atoms with Crippen molar-refractivity contribution < 1.29 is 9.53 Å². The molecular weight excluding hydrogens is 264 g/mol. The number of pyridine rings is 2. The molecule has 3 aromatic rings. The van der Waals surface area contributed by atoms with Crippen molar-refractivity contribution in [3.05, 3.63) is 60.0 Å². The number of esters is 1. The Balaban J connectivity index is 2.27. The van der Waals surface area contributed by atoms with Crippen LogP contribution in [0.15, 0.2) is 48.8 Å². The summed E-state index contributed by atoms with van der Waals surface area (Å²) in [4.78, 5) is 20.4. The standard InChI is InChI=1S/C17H14N2O2/c1-11-15-14(10-19-16(11)17(20)21-2)13(8-9-18-15)12-6-4-3-5-7-12/h3-10H,1-2H3. The van der Waals surface area contributed by atoms with Gasteiger partial charge in [0.05, 0.1) is 12.6 Å². The Morgan fingerprint density at radius 2 is 1.86 bits per heavy atom. The molecule has 0 spiro atoms. The molecule has 2 aromatic heterocycles. The number of ether oxygens (including phenoxy) is 1. The number of hydrogen-bond donors (Lipinski definition) is 0. The van der Waals surface area contributed by atoms with E-state index >= 15 is 0 Å². The molecule has 0 bridgehead atoms. The summed E-state index contributed by atoms with van der Waals surface area (Å²) in [5.41, 5.74) is 3.95. The van der Waals surface area contributed by atoms with Crippen LogP contribution >= 0.6 is 0 Å². The second-order valence-corrected chi connectivity index (χ2v) is 4.71. The first-order valence-corrected chi connectivity index (χ1v) is 6.60.